The molecule has 0 aliphatic heterocycles. The van der Waals surface area contributed by atoms with Gasteiger partial charge in [-0.05, 0) is 32.0 Å². The number of rotatable bonds is 3. The first-order valence-corrected chi connectivity index (χ1v) is 5.59. The molecule has 0 aliphatic rings. The van der Waals surface area contributed by atoms with Crippen LogP contribution in [-0.2, 0) is 0 Å². The fourth-order valence-electron chi connectivity index (χ4n) is 1.96. The van der Waals surface area contributed by atoms with Crippen molar-refractivity contribution >= 4 is 16.6 Å². The molecule has 0 spiro atoms. The van der Waals surface area contributed by atoms with E-state index in [1.165, 1.54) is 5.69 Å². The summed E-state index contributed by atoms with van der Waals surface area (Å²) in [6.45, 7) is 6.21. The van der Waals surface area contributed by atoms with E-state index in [4.69, 9.17) is 0 Å². The van der Waals surface area contributed by atoms with Gasteiger partial charge in [-0.25, -0.2) is 0 Å². The highest BCUT2D eigenvalue weighted by molar-refractivity contribution is 5.92. The van der Waals surface area contributed by atoms with Crippen molar-refractivity contribution in [3.05, 3.63) is 30.5 Å². The van der Waals surface area contributed by atoms with Crippen LogP contribution in [0.15, 0.2) is 30.5 Å². The minimum Gasteiger partial charge on any atom is -0.508 e. The van der Waals surface area contributed by atoms with Gasteiger partial charge in [0.25, 0.3) is 0 Å². The Morgan fingerprint density at radius 1 is 1.19 bits per heavy atom. The van der Waals surface area contributed by atoms with E-state index in [-0.39, 0.29) is 5.75 Å². The Bertz CT molecular complexity index is 492. The van der Waals surface area contributed by atoms with Gasteiger partial charge in [-0.2, -0.15) is 0 Å². The van der Waals surface area contributed by atoms with Crippen molar-refractivity contribution in [3.63, 3.8) is 0 Å². The summed E-state index contributed by atoms with van der Waals surface area (Å²) < 4.78 is 0. The van der Waals surface area contributed by atoms with E-state index >= 15 is 0 Å². The number of aromatic nitrogens is 1. The molecule has 1 aromatic carbocycles. The molecule has 84 valence electrons. The molecule has 2 rings (SSSR count). The van der Waals surface area contributed by atoms with Crippen LogP contribution in [0, 0.1) is 0 Å². The molecular weight excluding hydrogens is 200 g/mol. The second kappa shape index (κ2) is 4.39. The number of nitrogens with zero attached hydrogens (tertiary/aromatic N) is 2. The Morgan fingerprint density at radius 2 is 1.94 bits per heavy atom. The van der Waals surface area contributed by atoms with Crippen molar-refractivity contribution in [3.8, 4) is 5.75 Å². The Kier molecular flexibility index (Phi) is 2.95. The van der Waals surface area contributed by atoms with Gasteiger partial charge in [-0.3, -0.25) is 4.98 Å². The van der Waals surface area contributed by atoms with Crippen LogP contribution in [0.2, 0.25) is 0 Å². The molecule has 0 bridgehead atoms. The second-order valence-electron chi connectivity index (χ2n) is 3.70. The number of hydrogen-bond acceptors (Lipinski definition) is 3. The second-order valence-corrected chi connectivity index (χ2v) is 3.70. The Labute approximate surface area is 95.3 Å². The van der Waals surface area contributed by atoms with Crippen LogP contribution in [0.3, 0.4) is 0 Å². The van der Waals surface area contributed by atoms with E-state index in [0.717, 1.165) is 24.0 Å². The predicted molar refractivity (Wildman–Crippen MR) is 67.0 cm³/mol. The Balaban J connectivity index is 2.61. The summed E-state index contributed by atoms with van der Waals surface area (Å²) in [6, 6.07) is 7.34. The SMILES string of the molecule is CCN(CC)c1ccnc2cc(O)ccc12. The standard InChI is InChI=1S/C13H16N2O/c1-3-15(4-2)13-7-8-14-12-9-10(16)5-6-11(12)13/h5-9,16H,3-4H2,1-2H3. The van der Waals surface area contributed by atoms with E-state index in [9.17, 15) is 5.11 Å². The van der Waals surface area contributed by atoms with Gasteiger partial charge in [0.15, 0.2) is 0 Å². The molecular formula is C13H16N2O. The van der Waals surface area contributed by atoms with Crippen LogP contribution in [0.25, 0.3) is 10.9 Å². The number of phenolic OH excluding ortho intramolecular Hbond substituents is 1. The molecule has 3 nitrogen and oxygen atoms in total. The first-order valence-electron chi connectivity index (χ1n) is 5.59. The van der Waals surface area contributed by atoms with E-state index in [0.29, 0.717) is 0 Å². The van der Waals surface area contributed by atoms with Gasteiger partial charge in [0.1, 0.15) is 5.75 Å². The number of pyridine rings is 1. The Hall–Kier alpha value is -1.77. The Morgan fingerprint density at radius 3 is 2.62 bits per heavy atom. The van der Waals surface area contributed by atoms with Crippen LogP contribution in [0.1, 0.15) is 13.8 Å². The summed E-state index contributed by atoms with van der Waals surface area (Å²) in [5, 5.41) is 10.5. The van der Waals surface area contributed by atoms with Crippen LogP contribution in [-0.4, -0.2) is 23.2 Å². The van der Waals surface area contributed by atoms with Gasteiger partial charge in [0, 0.05) is 36.4 Å². The van der Waals surface area contributed by atoms with Gasteiger partial charge < -0.3 is 10.0 Å². The van der Waals surface area contributed by atoms with Crippen molar-refractivity contribution in [2.75, 3.05) is 18.0 Å². The number of anilines is 1. The summed E-state index contributed by atoms with van der Waals surface area (Å²) >= 11 is 0. The molecule has 2 aromatic rings. The van der Waals surface area contributed by atoms with Crippen LogP contribution < -0.4 is 4.90 Å². The normalized spacial score (nSPS) is 10.6. The maximum atomic E-state index is 9.42. The predicted octanol–water partition coefficient (Wildman–Crippen LogP) is 2.79. The minimum absolute atomic E-state index is 0.261. The first kappa shape index (κ1) is 10.7. The van der Waals surface area contributed by atoms with Gasteiger partial charge in [-0.15, -0.1) is 0 Å². The molecule has 0 saturated heterocycles. The quantitative estimate of drug-likeness (QED) is 0.857. The lowest BCUT2D eigenvalue weighted by Gasteiger charge is -2.22. The lowest BCUT2D eigenvalue weighted by Crippen LogP contribution is -2.22. The van der Waals surface area contributed by atoms with E-state index < -0.39 is 0 Å². The molecule has 0 amide bonds. The monoisotopic (exact) mass is 216 g/mol. The van der Waals surface area contributed by atoms with E-state index in [2.05, 4.69) is 23.7 Å². The number of fused-ring (bicyclic) bond motifs is 1. The maximum Gasteiger partial charge on any atom is 0.117 e. The third-order valence-electron chi connectivity index (χ3n) is 2.81. The minimum atomic E-state index is 0.261. The van der Waals surface area contributed by atoms with Gasteiger partial charge in [0.2, 0.25) is 0 Å². The molecule has 1 N–H and O–H groups in total. The number of hydrogen-bond donors (Lipinski definition) is 1. The molecule has 0 unspecified atom stereocenters. The fourth-order valence-corrected chi connectivity index (χ4v) is 1.96. The first-order chi connectivity index (χ1) is 7.76. The van der Waals surface area contributed by atoms with Gasteiger partial charge >= 0.3 is 0 Å². The van der Waals surface area contributed by atoms with Gasteiger partial charge in [0.05, 0.1) is 5.52 Å². The zero-order chi connectivity index (χ0) is 11.5. The van der Waals surface area contributed by atoms with Crippen LogP contribution >= 0.6 is 0 Å². The molecule has 0 fully saturated rings. The lowest BCUT2D eigenvalue weighted by molar-refractivity contribution is 0.476. The van der Waals surface area contributed by atoms with Crippen LogP contribution in [0.5, 0.6) is 5.75 Å². The average Bonchev–Trinajstić information content (AvgIpc) is 2.30. The summed E-state index contributed by atoms with van der Waals surface area (Å²) in [5.41, 5.74) is 2.01. The molecule has 0 radical (unpaired) electrons. The van der Waals surface area contributed by atoms with Crippen molar-refractivity contribution in [1.29, 1.82) is 0 Å². The molecule has 16 heavy (non-hydrogen) atoms. The molecule has 0 aliphatic carbocycles. The number of aromatic hydroxyl groups is 1. The summed E-state index contributed by atoms with van der Waals surface area (Å²) in [7, 11) is 0. The highest BCUT2D eigenvalue weighted by Gasteiger charge is 2.07. The van der Waals surface area contributed by atoms with E-state index in [1.54, 1.807) is 18.3 Å². The molecule has 1 aromatic heterocycles. The highest BCUT2D eigenvalue weighted by Crippen LogP contribution is 2.27. The molecule has 1 heterocycles. The highest BCUT2D eigenvalue weighted by atomic mass is 16.3. The van der Waals surface area contributed by atoms with Crippen LogP contribution in [0.4, 0.5) is 5.69 Å². The molecule has 0 atom stereocenters. The van der Waals surface area contributed by atoms with Crippen molar-refractivity contribution in [1.82, 2.24) is 4.98 Å². The molecule has 0 saturated carbocycles. The summed E-state index contributed by atoms with van der Waals surface area (Å²) in [5.74, 6) is 0.261. The van der Waals surface area contributed by atoms with Crippen molar-refractivity contribution < 1.29 is 5.11 Å². The van der Waals surface area contributed by atoms with Crippen molar-refractivity contribution in [2.45, 2.75) is 13.8 Å². The molecule has 3 heteroatoms. The number of phenols is 1. The zero-order valence-electron chi connectivity index (χ0n) is 9.64. The van der Waals surface area contributed by atoms with Crippen molar-refractivity contribution in [2.24, 2.45) is 0 Å². The maximum absolute atomic E-state index is 9.42. The zero-order valence-corrected chi connectivity index (χ0v) is 9.64. The smallest absolute Gasteiger partial charge is 0.117 e. The third kappa shape index (κ3) is 1.81. The van der Waals surface area contributed by atoms with E-state index in [1.807, 2.05) is 12.1 Å². The summed E-state index contributed by atoms with van der Waals surface area (Å²) in [6.07, 6.45) is 1.79. The largest absolute Gasteiger partial charge is 0.508 e. The lowest BCUT2D eigenvalue weighted by atomic mass is 10.1. The number of benzene rings is 1. The third-order valence-corrected chi connectivity index (χ3v) is 2.81. The topological polar surface area (TPSA) is 36.4 Å². The fraction of sp³-hybridized carbons (Fsp3) is 0.308. The van der Waals surface area contributed by atoms with Gasteiger partial charge in [-0.1, -0.05) is 0 Å². The summed E-state index contributed by atoms with van der Waals surface area (Å²) in [4.78, 5) is 6.55. The average molecular weight is 216 g/mol.